The van der Waals surface area contributed by atoms with Gasteiger partial charge in [0.1, 0.15) is 11.5 Å². The number of nitrogens with two attached hydrogens (primary N) is 1. The molecular formula is C21H29IN4O3. The quantitative estimate of drug-likeness (QED) is 0.206. The Kier molecular flexibility index (Phi) is 10.9. The molecule has 7 nitrogen and oxygen atoms in total. The number of amides is 1. The molecule has 158 valence electrons. The normalized spacial score (nSPS) is 10.7. The van der Waals surface area contributed by atoms with Gasteiger partial charge in [-0.3, -0.25) is 4.79 Å². The van der Waals surface area contributed by atoms with Crippen LogP contribution in [-0.2, 0) is 6.54 Å². The van der Waals surface area contributed by atoms with Crippen LogP contribution >= 0.6 is 24.0 Å². The van der Waals surface area contributed by atoms with Crippen LogP contribution in [0.2, 0.25) is 0 Å². The van der Waals surface area contributed by atoms with E-state index in [1.807, 2.05) is 12.1 Å². The first-order valence-electron chi connectivity index (χ1n) is 9.23. The van der Waals surface area contributed by atoms with Crippen molar-refractivity contribution in [3.05, 3.63) is 53.6 Å². The van der Waals surface area contributed by atoms with E-state index in [1.165, 1.54) is 0 Å². The number of halogens is 1. The first-order valence-corrected chi connectivity index (χ1v) is 9.23. The molecule has 2 aromatic rings. The Hall–Kier alpha value is -2.49. The van der Waals surface area contributed by atoms with Crippen molar-refractivity contribution in [2.45, 2.75) is 26.3 Å². The van der Waals surface area contributed by atoms with Gasteiger partial charge in [-0.1, -0.05) is 25.5 Å². The summed E-state index contributed by atoms with van der Waals surface area (Å²) in [7, 11) is 3.18. The molecule has 0 aliphatic heterocycles. The van der Waals surface area contributed by atoms with Crippen LogP contribution in [0.3, 0.4) is 0 Å². The second-order valence-corrected chi connectivity index (χ2v) is 6.20. The fourth-order valence-electron chi connectivity index (χ4n) is 2.51. The lowest BCUT2D eigenvalue weighted by atomic mass is 10.1. The molecule has 0 saturated heterocycles. The van der Waals surface area contributed by atoms with E-state index >= 15 is 0 Å². The maximum Gasteiger partial charge on any atom is 0.251 e. The predicted octanol–water partition coefficient (Wildman–Crippen LogP) is 3.78. The summed E-state index contributed by atoms with van der Waals surface area (Å²) in [5.74, 6) is 1.52. The van der Waals surface area contributed by atoms with Gasteiger partial charge >= 0.3 is 0 Å². The number of benzene rings is 2. The molecule has 0 fully saturated rings. The largest absolute Gasteiger partial charge is 0.497 e. The van der Waals surface area contributed by atoms with Crippen molar-refractivity contribution in [3.8, 4) is 11.5 Å². The molecule has 0 aromatic heterocycles. The number of hydrogen-bond donors (Lipinski definition) is 3. The summed E-state index contributed by atoms with van der Waals surface area (Å²) in [6, 6.07) is 12.7. The molecule has 8 heteroatoms. The van der Waals surface area contributed by atoms with Crippen LogP contribution in [0.15, 0.2) is 47.5 Å². The fraction of sp³-hybridized carbons (Fsp3) is 0.333. The highest BCUT2D eigenvalue weighted by Crippen LogP contribution is 2.28. The van der Waals surface area contributed by atoms with Gasteiger partial charge in [-0.2, -0.15) is 0 Å². The number of hydrogen-bond acceptors (Lipinski definition) is 4. The summed E-state index contributed by atoms with van der Waals surface area (Å²) in [5.41, 5.74) is 8.25. The molecule has 0 bridgehead atoms. The van der Waals surface area contributed by atoms with Crippen LogP contribution in [0.1, 0.15) is 35.7 Å². The molecule has 2 aromatic carbocycles. The number of aliphatic imine (C=N–C) groups is 1. The number of methoxy groups -OCH3 is 2. The topological polar surface area (TPSA) is 98.0 Å². The Morgan fingerprint density at radius 3 is 2.45 bits per heavy atom. The van der Waals surface area contributed by atoms with Crippen molar-refractivity contribution in [2.24, 2.45) is 10.7 Å². The standard InChI is InChI=1S/C21H28N4O3.HI/c1-4-5-12-23-20(26)16-8-6-15(7-9-16)14-24-21(22)25-18-13-17(27-2)10-11-19(18)28-3;/h6-11,13H,4-5,12,14H2,1-3H3,(H,23,26)(H3,22,24,25);1H. The highest BCUT2D eigenvalue weighted by atomic mass is 127. The van der Waals surface area contributed by atoms with E-state index in [0.717, 1.165) is 18.4 Å². The molecule has 0 saturated carbocycles. The number of nitrogens with zero attached hydrogens (tertiary/aromatic N) is 1. The van der Waals surface area contributed by atoms with Crippen molar-refractivity contribution in [2.75, 3.05) is 26.1 Å². The molecule has 0 spiro atoms. The minimum Gasteiger partial charge on any atom is -0.497 e. The van der Waals surface area contributed by atoms with E-state index in [2.05, 4.69) is 22.5 Å². The lowest BCUT2D eigenvalue weighted by Crippen LogP contribution is -2.24. The second kappa shape index (κ2) is 12.9. The predicted molar refractivity (Wildman–Crippen MR) is 128 cm³/mol. The average molecular weight is 512 g/mol. The van der Waals surface area contributed by atoms with Crippen molar-refractivity contribution < 1.29 is 14.3 Å². The van der Waals surface area contributed by atoms with Crippen molar-refractivity contribution in [1.29, 1.82) is 0 Å². The molecule has 0 aliphatic carbocycles. The van der Waals surface area contributed by atoms with Crippen LogP contribution in [0.25, 0.3) is 0 Å². The van der Waals surface area contributed by atoms with Gasteiger partial charge in [0.2, 0.25) is 0 Å². The van der Waals surface area contributed by atoms with E-state index in [4.69, 9.17) is 15.2 Å². The lowest BCUT2D eigenvalue weighted by Gasteiger charge is -2.12. The molecule has 0 heterocycles. The average Bonchev–Trinajstić information content (AvgIpc) is 2.72. The maximum absolute atomic E-state index is 12.0. The zero-order valence-electron chi connectivity index (χ0n) is 17.0. The van der Waals surface area contributed by atoms with Crippen molar-refractivity contribution >= 4 is 41.5 Å². The van der Waals surface area contributed by atoms with E-state index in [9.17, 15) is 4.79 Å². The van der Waals surface area contributed by atoms with Gasteiger partial charge in [0, 0.05) is 18.2 Å². The van der Waals surface area contributed by atoms with E-state index in [1.54, 1.807) is 44.6 Å². The number of anilines is 1. The minimum atomic E-state index is -0.0604. The van der Waals surface area contributed by atoms with Crippen molar-refractivity contribution in [3.63, 3.8) is 0 Å². The number of ether oxygens (including phenoxy) is 2. The molecular weight excluding hydrogens is 483 g/mol. The Balaban J connectivity index is 0.00000420. The summed E-state index contributed by atoms with van der Waals surface area (Å²) < 4.78 is 10.5. The monoisotopic (exact) mass is 512 g/mol. The summed E-state index contributed by atoms with van der Waals surface area (Å²) >= 11 is 0. The number of carbonyl (C=O) groups excluding carboxylic acids is 1. The molecule has 2 rings (SSSR count). The highest BCUT2D eigenvalue weighted by Gasteiger charge is 2.07. The number of rotatable bonds is 9. The third kappa shape index (κ3) is 7.80. The number of carbonyl (C=O) groups is 1. The van der Waals surface area contributed by atoms with Crippen LogP contribution in [0.5, 0.6) is 11.5 Å². The fourth-order valence-corrected chi connectivity index (χ4v) is 2.51. The minimum absolute atomic E-state index is 0. The Morgan fingerprint density at radius 1 is 1.10 bits per heavy atom. The first kappa shape index (κ1) is 24.5. The van der Waals surface area contributed by atoms with Gasteiger partial charge < -0.3 is 25.8 Å². The molecule has 4 N–H and O–H groups in total. The lowest BCUT2D eigenvalue weighted by molar-refractivity contribution is 0.0953. The van der Waals surface area contributed by atoms with Crippen LogP contribution < -0.4 is 25.8 Å². The van der Waals surface area contributed by atoms with Gasteiger partial charge in [0.15, 0.2) is 5.96 Å². The third-order valence-corrected chi connectivity index (χ3v) is 4.13. The Morgan fingerprint density at radius 2 is 1.83 bits per heavy atom. The zero-order valence-corrected chi connectivity index (χ0v) is 19.4. The molecule has 0 radical (unpaired) electrons. The van der Waals surface area contributed by atoms with Crippen molar-refractivity contribution in [1.82, 2.24) is 5.32 Å². The summed E-state index contributed by atoms with van der Waals surface area (Å²) in [6.45, 7) is 3.17. The first-order chi connectivity index (χ1) is 13.6. The van der Waals surface area contributed by atoms with Crippen LogP contribution in [0, 0.1) is 0 Å². The second-order valence-electron chi connectivity index (χ2n) is 6.20. The van der Waals surface area contributed by atoms with E-state index < -0.39 is 0 Å². The van der Waals surface area contributed by atoms with Gasteiger partial charge in [0.05, 0.1) is 26.5 Å². The Labute approximate surface area is 189 Å². The summed E-state index contributed by atoms with van der Waals surface area (Å²) in [4.78, 5) is 16.4. The summed E-state index contributed by atoms with van der Waals surface area (Å²) in [5, 5.41) is 5.92. The molecule has 0 unspecified atom stereocenters. The van der Waals surface area contributed by atoms with Gasteiger partial charge in [-0.15, -0.1) is 24.0 Å². The Bertz CT molecular complexity index is 810. The smallest absolute Gasteiger partial charge is 0.251 e. The van der Waals surface area contributed by atoms with Crippen LogP contribution in [0.4, 0.5) is 5.69 Å². The third-order valence-electron chi connectivity index (χ3n) is 4.13. The van der Waals surface area contributed by atoms with Crippen LogP contribution in [-0.4, -0.2) is 32.6 Å². The molecule has 0 aliphatic rings. The number of unbranched alkanes of at least 4 members (excludes halogenated alkanes) is 1. The summed E-state index contributed by atoms with van der Waals surface area (Å²) in [6.07, 6.45) is 2.03. The van der Waals surface area contributed by atoms with Gasteiger partial charge in [-0.25, -0.2) is 4.99 Å². The molecule has 1 amide bonds. The number of guanidine groups is 1. The van der Waals surface area contributed by atoms with E-state index in [-0.39, 0.29) is 35.8 Å². The molecule has 29 heavy (non-hydrogen) atoms. The molecule has 0 atom stereocenters. The van der Waals surface area contributed by atoms with E-state index in [0.29, 0.717) is 35.8 Å². The van der Waals surface area contributed by atoms with Gasteiger partial charge in [0.25, 0.3) is 5.91 Å². The van der Waals surface area contributed by atoms with Gasteiger partial charge in [-0.05, 0) is 36.2 Å². The SMILES string of the molecule is CCCCNC(=O)c1ccc(CN=C(N)Nc2cc(OC)ccc2OC)cc1.I. The number of nitrogens with one attached hydrogen (secondary N) is 2. The highest BCUT2D eigenvalue weighted by molar-refractivity contribution is 14.0. The zero-order chi connectivity index (χ0) is 20.4. The maximum atomic E-state index is 12.0.